The smallest absolute Gasteiger partial charge is 0.260 e. The van der Waals surface area contributed by atoms with E-state index in [1.807, 2.05) is 110 Å². The van der Waals surface area contributed by atoms with Gasteiger partial charge in [-0.15, -0.1) is 0 Å². The highest BCUT2D eigenvalue weighted by atomic mass is 16.5. The van der Waals surface area contributed by atoms with E-state index in [-0.39, 0.29) is 36.2 Å². The van der Waals surface area contributed by atoms with Gasteiger partial charge < -0.3 is 19.3 Å². The lowest BCUT2D eigenvalue weighted by atomic mass is 9.49. The first-order valence-corrected chi connectivity index (χ1v) is 20.3. The van der Waals surface area contributed by atoms with Gasteiger partial charge in [0.15, 0.2) is 11.5 Å². The fourth-order valence-corrected chi connectivity index (χ4v) is 10.1. The monoisotopic (exact) mass is 815 g/mol. The Morgan fingerprint density at radius 3 is 2.18 bits per heavy atom. The van der Waals surface area contributed by atoms with Crippen LogP contribution in [0.5, 0.6) is 23.0 Å². The molecule has 0 aromatic heterocycles. The molecule has 6 atom stereocenters. The molecule has 61 heavy (non-hydrogen) atoms. The molecule has 2 saturated heterocycles. The quantitative estimate of drug-likeness (QED) is 0.0815. The Kier molecular flexibility index (Phi) is 9.97. The zero-order valence-corrected chi connectivity index (χ0v) is 34.2. The number of ether oxygens (including phenoxy) is 3. The van der Waals surface area contributed by atoms with Crippen LogP contribution in [-0.4, -0.2) is 55.1 Å². The number of carbonyl (C=O) groups is 4. The number of methoxy groups -OCH3 is 3. The van der Waals surface area contributed by atoms with E-state index < -0.39 is 46.8 Å². The van der Waals surface area contributed by atoms with Gasteiger partial charge in [-0.2, -0.15) is 5.01 Å². The minimum atomic E-state index is -1.45. The van der Waals surface area contributed by atoms with Gasteiger partial charge in [0.05, 0.1) is 55.9 Å². The summed E-state index contributed by atoms with van der Waals surface area (Å²) in [4.78, 5) is 60.9. The fourth-order valence-electron chi connectivity index (χ4n) is 10.1. The summed E-state index contributed by atoms with van der Waals surface area (Å²) in [5.41, 5.74) is 7.51. The van der Waals surface area contributed by atoms with Crippen LogP contribution >= 0.6 is 0 Å². The second kappa shape index (κ2) is 15.5. The van der Waals surface area contributed by atoms with Gasteiger partial charge in [0.25, 0.3) is 11.8 Å². The van der Waals surface area contributed by atoms with Gasteiger partial charge in [-0.1, -0.05) is 90.0 Å². The number of amides is 4. The van der Waals surface area contributed by atoms with Crippen molar-refractivity contribution in [3.8, 4) is 23.0 Å². The number of aromatic hydroxyl groups is 1. The Balaban J connectivity index is 1.11. The maximum absolute atomic E-state index is 15.4. The SMILES string of the molecule is COc1ccc(OC)c(C=Cc2ccc(N3C(=O)[C@H]4[C@H](CC=C5[C@H]4C[C@H]4C(=O)N(Nc6ccc(C)cc6)C(=O)[C@@]4(c4ccccc4)[C@H]5c4ccc(O)c(OC)c4)C3=O)cc2)c1. The maximum Gasteiger partial charge on any atom is 0.260 e. The highest BCUT2D eigenvalue weighted by Crippen LogP contribution is 2.64. The number of nitrogens with one attached hydrogen (secondary N) is 1. The second-order valence-electron chi connectivity index (χ2n) is 16.1. The van der Waals surface area contributed by atoms with Crippen molar-refractivity contribution < 1.29 is 38.5 Å². The van der Waals surface area contributed by atoms with Gasteiger partial charge in [-0.05, 0) is 97.0 Å². The van der Waals surface area contributed by atoms with Crippen molar-refractivity contribution in [3.05, 3.63) is 155 Å². The Hall–Kier alpha value is -7.14. The van der Waals surface area contributed by atoms with Crippen molar-refractivity contribution in [1.29, 1.82) is 0 Å². The van der Waals surface area contributed by atoms with Crippen molar-refractivity contribution in [3.63, 3.8) is 0 Å². The van der Waals surface area contributed by atoms with E-state index in [0.717, 1.165) is 27.3 Å². The van der Waals surface area contributed by atoms with Crippen LogP contribution < -0.4 is 24.5 Å². The molecule has 4 amide bonds. The first kappa shape index (κ1) is 39.3. The van der Waals surface area contributed by atoms with Crippen LogP contribution in [0, 0.1) is 30.6 Å². The minimum Gasteiger partial charge on any atom is -0.504 e. The Bertz CT molecular complexity index is 2620. The molecule has 1 saturated carbocycles. The first-order valence-electron chi connectivity index (χ1n) is 20.3. The summed E-state index contributed by atoms with van der Waals surface area (Å²) in [5, 5.41) is 11.9. The molecule has 5 aromatic rings. The van der Waals surface area contributed by atoms with Gasteiger partial charge in [0, 0.05) is 11.5 Å². The van der Waals surface area contributed by atoms with Crippen LogP contribution in [0.1, 0.15) is 46.6 Å². The lowest BCUT2D eigenvalue weighted by Gasteiger charge is -2.50. The van der Waals surface area contributed by atoms with Crippen LogP contribution in [0.2, 0.25) is 0 Å². The predicted molar refractivity (Wildman–Crippen MR) is 231 cm³/mol. The van der Waals surface area contributed by atoms with Gasteiger partial charge >= 0.3 is 0 Å². The Morgan fingerprint density at radius 1 is 0.738 bits per heavy atom. The fraction of sp³-hybridized carbons (Fsp3) is 0.240. The molecule has 0 bridgehead atoms. The third kappa shape index (κ3) is 6.34. The summed E-state index contributed by atoms with van der Waals surface area (Å²) in [6.07, 6.45) is 6.28. The molecule has 11 heteroatoms. The molecule has 0 unspecified atom stereocenters. The van der Waals surface area contributed by atoms with Crippen LogP contribution in [-0.2, 0) is 24.6 Å². The zero-order valence-electron chi connectivity index (χ0n) is 34.2. The maximum atomic E-state index is 15.4. The number of nitrogens with zero attached hydrogens (tertiary/aromatic N) is 2. The van der Waals surface area contributed by atoms with Crippen molar-refractivity contribution in [2.75, 3.05) is 31.7 Å². The number of hydrogen-bond donors (Lipinski definition) is 2. The number of rotatable bonds is 10. The van der Waals surface area contributed by atoms with Crippen molar-refractivity contribution in [1.82, 2.24) is 5.01 Å². The van der Waals surface area contributed by atoms with Crippen molar-refractivity contribution >= 4 is 47.2 Å². The number of carbonyl (C=O) groups excluding carboxylic acids is 4. The largest absolute Gasteiger partial charge is 0.504 e. The van der Waals surface area contributed by atoms with Crippen LogP contribution in [0.4, 0.5) is 11.4 Å². The average Bonchev–Trinajstić information content (AvgIpc) is 3.67. The van der Waals surface area contributed by atoms with Gasteiger partial charge in [-0.3, -0.25) is 29.5 Å². The summed E-state index contributed by atoms with van der Waals surface area (Å²) in [6.45, 7) is 1.96. The number of fused-ring (bicyclic) bond motifs is 4. The molecule has 5 aromatic carbocycles. The van der Waals surface area contributed by atoms with E-state index in [1.54, 1.807) is 38.5 Å². The first-order chi connectivity index (χ1) is 29.6. The van der Waals surface area contributed by atoms with Gasteiger partial charge in [-0.25, -0.2) is 0 Å². The number of hydrazine groups is 1. The standard InChI is InChI=1S/C50H45N3O8/c1-29-10-17-34(18-11-29)51-53-47(56)40-28-39-37(45(32-16-24-41(54)43(27-32)61-4)50(40,49(53)58)33-8-6-5-7-9-33)22-23-38-44(39)48(57)52(46(38)55)35-19-13-30(14-20-35)12-15-31-26-36(59-2)21-25-42(31)60-3/h5-22,24-27,38-40,44-45,51,54H,23,28H2,1-4H3/t38-,39+,40-,44-,45-,50+/m0/s1. The molecular formula is C50H45N3O8. The van der Waals surface area contributed by atoms with E-state index in [0.29, 0.717) is 34.0 Å². The van der Waals surface area contributed by atoms with Crippen molar-refractivity contribution in [2.24, 2.45) is 23.7 Å². The molecule has 3 fully saturated rings. The Labute approximate surface area is 353 Å². The number of imide groups is 2. The normalized spacial score (nSPS) is 24.3. The zero-order chi connectivity index (χ0) is 42.6. The number of phenols is 1. The van der Waals surface area contributed by atoms with E-state index in [4.69, 9.17) is 14.2 Å². The number of allylic oxidation sites excluding steroid dienone is 2. The van der Waals surface area contributed by atoms with Crippen LogP contribution in [0.15, 0.2) is 127 Å². The van der Waals surface area contributed by atoms with E-state index >= 15 is 4.79 Å². The number of anilines is 2. The lowest BCUT2D eigenvalue weighted by Crippen LogP contribution is -2.53. The summed E-state index contributed by atoms with van der Waals surface area (Å²) in [5.74, 6) is -3.64. The number of hydrogen-bond acceptors (Lipinski definition) is 9. The highest BCUT2D eigenvalue weighted by Gasteiger charge is 2.70. The lowest BCUT2D eigenvalue weighted by molar-refractivity contribution is -0.138. The molecule has 308 valence electrons. The van der Waals surface area contributed by atoms with Crippen LogP contribution in [0.25, 0.3) is 12.2 Å². The number of phenolic OH excluding ortho intramolecular Hbond substituents is 1. The topological polar surface area (TPSA) is 135 Å². The molecule has 0 radical (unpaired) electrons. The third-order valence-electron chi connectivity index (χ3n) is 13.0. The molecule has 9 rings (SSSR count). The van der Waals surface area contributed by atoms with Crippen LogP contribution in [0.3, 0.4) is 0 Å². The number of aryl methyl sites for hydroxylation is 1. The average molecular weight is 816 g/mol. The van der Waals surface area contributed by atoms with Gasteiger partial charge in [0.1, 0.15) is 11.5 Å². The molecule has 0 spiro atoms. The summed E-state index contributed by atoms with van der Waals surface area (Å²) in [7, 11) is 4.67. The molecule has 2 aliphatic heterocycles. The highest BCUT2D eigenvalue weighted by molar-refractivity contribution is 6.22. The summed E-state index contributed by atoms with van der Waals surface area (Å²) in [6, 6.07) is 34.5. The molecular weight excluding hydrogens is 771 g/mol. The van der Waals surface area contributed by atoms with Crippen molar-refractivity contribution in [2.45, 2.75) is 31.1 Å². The van der Waals surface area contributed by atoms with E-state index in [9.17, 15) is 19.5 Å². The molecule has 2 N–H and O–H groups in total. The summed E-state index contributed by atoms with van der Waals surface area (Å²) < 4.78 is 16.5. The molecule has 4 aliphatic rings. The molecule has 2 aliphatic carbocycles. The minimum absolute atomic E-state index is 0.0770. The molecule has 2 heterocycles. The van der Waals surface area contributed by atoms with Gasteiger partial charge in [0.2, 0.25) is 11.8 Å². The van der Waals surface area contributed by atoms with E-state index in [1.165, 1.54) is 18.1 Å². The Morgan fingerprint density at radius 2 is 1.48 bits per heavy atom. The molecule has 11 nitrogen and oxygen atoms in total. The second-order valence-corrected chi connectivity index (χ2v) is 16.1. The number of benzene rings is 5. The third-order valence-corrected chi connectivity index (χ3v) is 13.0. The predicted octanol–water partition coefficient (Wildman–Crippen LogP) is 8.09. The summed E-state index contributed by atoms with van der Waals surface area (Å²) >= 11 is 0. The van der Waals surface area contributed by atoms with E-state index in [2.05, 4.69) is 5.43 Å².